The minimum absolute atomic E-state index is 0. The number of piperidine rings is 1. The Morgan fingerprint density at radius 1 is 1.32 bits per heavy atom. The monoisotopic (exact) mass is 419 g/mol. The van der Waals surface area contributed by atoms with E-state index in [1.54, 1.807) is 6.07 Å². The molecule has 0 saturated carbocycles. The highest BCUT2D eigenvalue weighted by Gasteiger charge is 2.35. The van der Waals surface area contributed by atoms with Crippen molar-refractivity contribution in [1.82, 2.24) is 15.5 Å². The molecule has 0 aromatic heterocycles. The average molecular weight is 420 g/mol. The third-order valence-electron chi connectivity index (χ3n) is 5.18. The van der Waals surface area contributed by atoms with Gasteiger partial charge in [0.25, 0.3) is 0 Å². The normalized spacial score (nSPS) is 22.7. The van der Waals surface area contributed by atoms with Gasteiger partial charge in [-0.3, -0.25) is 9.59 Å². The molecule has 1 aromatic rings. The van der Waals surface area contributed by atoms with E-state index >= 15 is 0 Å². The van der Waals surface area contributed by atoms with Crippen LogP contribution in [0.25, 0.3) is 0 Å². The molecule has 2 aliphatic rings. The number of hydrogen-bond acceptors (Lipinski definition) is 3. The molecule has 3 rings (SSSR count). The summed E-state index contributed by atoms with van der Waals surface area (Å²) in [6.07, 6.45) is -2.15. The molecule has 2 atom stereocenters. The van der Waals surface area contributed by atoms with Gasteiger partial charge in [-0.2, -0.15) is 13.2 Å². The van der Waals surface area contributed by atoms with E-state index < -0.39 is 17.7 Å². The largest absolute Gasteiger partial charge is 0.416 e. The van der Waals surface area contributed by atoms with Crippen LogP contribution in [-0.2, 0) is 22.3 Å². The van der Waals surface area contributed by atoms with Gasteiger partial charge in [0, 0.05) is 26.1 Å². The van der Waals surface area contributed by atoms with Crippen molar-refractivity contribution in [3.05, 3.63) is 35.4 Å². The lowest BCUT2D eigenvalue weighted by atomic mass is 9.99. The third-order valence-corrected chi connectivity index (χ3v) is 5.18. The number of benzene rings is 1. The number of rotatable bonds is 5. The number of nitrogens with zero attached hydrogens (tertiary/aromatic N) is 1. The minimum Gasteiger partial charge on any atom is -0.355 e. The van der Waals surface area contributed by atoms with Crippen LogP contribution in [0.1, 0.15) is 30.4 Å². The quantitative estimate of drug-likeness (QED) is 0.771. The second-order valence-corrected chi connectivity index (χ2v) is 7.33. The third kappa shape index (κ3) is 5.85. The van der Waals surface area contributed by atoms with Crippen molar-refractivity contribution in [2.45, 2.75) is 32.0 Å². The summed E-state index contributed by atoms with van der Waals surface area (Å²) < 4.78 is 38.5. The average Bonchev–Trinajstić information content (AvgIpc) is 3.01. The first-order valence-corrected chi connectivity index (χ1v) is 9.25. The SMILES string of the molecule is Cl.O=C(NCC1CCCNC1)C1CC(=O)N(Cc2cccc(C(F)(F)F)c2)C1. The molecule has 2 saturated heterocycles. The highest BCUT2D eigenvalue weighted by molar-refractivity contribution is 5.89. The number of alkyl halides is 3. The summed E-state index contributed by atoms with van der Waals surface area (Å²) in [6, 6.07) is 4.95. The molecule has 0 radical (unpaired) electrons. The Morgan fingerprint density at radius 3 is 2.79 bits per heavy atom. The number of carbonyl (C=O) groups is 2. The number of carbonyl (C=O) groups excluding carboxylic acids is 2. The van der Waals surface area contributed by atoms with Gasteiger partial charge in [-0.15, -0.1) is 12.4 Å². The summed E-state index contributed by atoms with van der Waals surface area (Å²) in [6.45, 7) is 2.80. The molecule has 1 aromatic carbocycles. The Kier molecular flexibility index (Phi) is 7.71. The fourth-order valence-corrected chi connectivity index (χ4v) is 3.65. The molecule has 2 N–H and O–H groups in total. The first-order valence-electron chi connectivity index (χ1n) is 9.25. The van der Waals surface area contributed by atoms with Gasteiger partial charge in [-0.05, 0) is 49.5 Å². The van der Waals surface area contributed by atoms with E-state index in [2.05, 4.69) is 10.6 Å². The van der Waals surface area contributed by atoms with Gasteiger partial charge in [0.15, 0.2) is 0 Å². The van der Waals surface area contributed by atoms with E-state index in [-0.39, 0.29) is 43.7 Å². The van der Waals surface area contributed by atoms with Crippen LogP contribution in [0.3, 0.4) is 0 Å². The molecule has 2 unspecified atom stereocenters. The summed E-state index contributed by atoms with van der Waals surface area (Å²) in [7, 11) is 0. The molecule has 0 spiro atoms. The lowest BCUT2D eigenvalue weighted by Gasteiger charge is -2.23. The molecule has 28 heavy (non-hydrogen) atoms. The van der Waals surface area contributed by atoms with E-state index in [1.807, 2.05) is 0 Å². The van der Waals surface area contributed by atoms with Gasteiger partial charge >= 0.3 is 6.18 Å². The minimum atomic E-state index is -4.42. The Bertz CT molecular complexity index is 693. The molecular weight excluding hydrogens is 395 g/mol. The zero-order valence-corrected chi connectivity index (χ0v) is 16.2. The molecule has 156 valence electrons. The molecule has 2 amide bonds. The van der Waals surface area contributed by atoms with E-state index in [9.17, 15) is 22.8 Å². The number of amides is 2. The Hall–Kier alpha value is -1.80. The lowest BCUT2D eigenvalue weighted by molar-refractivity contribution is -0.137. The first kappa shape index (κ1) is 22.5. The van der Waals surface area contributed by atoms with Gasteiger partial charge < -0.3 is 15.5 Å². The highest BCUT2D eigenvalue weighted by atomic mass is 35.5. The summed E-state index contributed by atoms with van der Waals surface area (Å²) in [5, 5.41) is 6.21. The van der Waals surface area contributed by atoms with Crippen molar-refractivity contribution in [3.63, 3.8) is 0 Å². The van der Waals surface area contributed by atoms with Crippen LogP contribution < -0.4 is 10.6 Å². The van der Waals surface area contributed by atoms with Gasteiger partial charge in [-0.25, -0.2) is 0 Å². The fraction of sp³-hybridized carbons (Fsp3) is 0.579. The van der Waals surface area contributed by atoms with E-state index in [0.717, 1.165) is 38.1 Å². The molecule has 0 bridgehead atoms. The topological polar surface area (TPSA) is 61.4 Å². The van der Waals surface area contributed by atoms with Gasteiger partial charge in [-0.1, -0.05) is 12.1 Å². The van der Waals surface area contributed by atoms with Crippen LogP contribution in [0, 0.1) is 11.8 Å². The van der Waals surface area contributed by atoms with Crippen molar-refractivity contribution in [2.24, 2.45) is 11.8 Å². The summed E-state index contributed by atoms with van der Waals surface area (Å²) in [5.74, 6) is -0.395. The maximum absolute atomic E-state index is 12.8. The van der Waals surface area contributed by atoms with Crippen LogP contribution in [-0.4, -0.2) is 42.9 Å². The second-order valence-electron chi connectivity index (χ2n) is 7.33. The first-order chi connectivity index (χ1) is 12.8. The lowest BCUT2D eigenvalue weighted by Crippen LogP contribution is -2.40. The van der Waals surface area contributed by atoms with Gasteiger partial charge in [0.05, 0.1) is 11.5 Å². The zero-order chi connectivity index (χ0) is 19.4. The van der Waals surface area contributed by atoms with Crippen LogP contribution >= 0.6 is 12.4 Å². The van der Waals surface area contributed by atoms with Crippen molar-refractivity contribution < 1.29 is 22.8 Å². The van der Waals surface area contributed by atoms with Crippen LogP contribution in [0.4, 0.5) is 13.2 Å². The zero-order valence-electron chi connectivity index (χ0n) is 15.4. The Labute approximate surface area is 168 Å². The van der Waals surface area contributed by atoms with Crippen molar-refractivity contribution in [1.29, 1.82) is 0 Å². The molecule has 2 heterocycles. The molecule has 2 aliphatic heterocycles. The van der Waals surface area contributed by atoms with Crippen molar-refractivity contribution >= 4 is 24.2 Å². The van der Waals surface area contributed by atoms with Crippen molar-refractivity contribution in [3.8, 4) is 0 Å². The number of hydrogen-bond donors (Lipinski definition) is 2. The van der Waals surface area contributed by atoms with Crippen LogP contribution in [0.2, 0.25) is 0 Å². The molecule has 2 fully saturated rings. The molecular formula is C19H25ClF3N3O2. The van der Waals surface area contributed by atoms with Gasteiger partial charge in [0.2, 0.25) is 11.8 Å². The summed E-state index contributed by atoms with van der Waals surface area (Å²) in [5.41, 5.74) is -0.324. The predicted octanol–water partition coefficient (Wildman–Crippen LogP) is 2.59. The van der Waals surface area contributed by atoms with Crippen LogP contribution in [0.15, 0.2) is 24.3 Å². The number of halogens is 4. The molecule has 5 nitrogen and oxygen atoms in total. The molecule has 0 aliphatic carbocycles. The van der Waals surface area contributed by atoms with E-state index in [1.165, 1.54) is 11.0 Å². The number of nitrogens with one attached hydrogen (secondary N) is 2. The molecule has 9 heteroatoms. The van der Waals surface area contributed by atoms with E-state index in [4.69, 9.17) is 0 Å². The van der Waals surface area contributed by atoms with Crippen LogP contribution in [0.5, 0.6) is 0 Å². The summed E-state index contributed by atoms with van der Waals surface area (Å²) in [4.78, 5) is 26.0. The van der Waals surface area contributed by atoms with Gasteiger partial charge in [0.1, 0.15) is 0 Å². The standard InChI is InChI=1S/C19H24F3N3O2.ClH/c20-19(21,22)16-5-1-3-13(7-16)11-25-12-15(8-17(25)26)18(27)24-10-14-4-2-6-23-9-14;/h1,3,5,7,14-15,23H,2,4,6,8-12H2,(H,24,27);1H. The Balaban J connectivity index is 0.00000280. The smallest absolute Gasteiger partial charge is 0.355 e. The maximum Gasteiger partial charge on any atom is 0.416 e. The number of likely N-dealkylation sites (tertiary alicyclic amines) is 1. The Morgan fingerprint density at radius 2 is 2.11 bits per heavy atom. The second kappa shape index (κ2) is 9.60. The van der Waals surface area contributed by atoms with Crippen molar-refractivity contribution in [2.75, 3.05) is 26.2 Å². The highest BCUT2D eigenvalue weighted by Crippen LogP contribution is 2.30. The van der Waals surface area contributed by atoms with E-state index in [0.29, 0.717) is 18.0 Å². The predicted molar refractivity (Wildman–Crippen MR) is 101 cm³/mol. The fourth-order valence-electron chi connectivity index (χ4n) is 3.65. The maximum atomic E-state index is 12.8. The summed E-state index contributed by atoms with van der Waals surface area (Å²) >= 11 is 0.